The topological polar surface area (TPSA) is 106 Å². The molecule has 2 rings (SSSR count). The van der Waals surface area contributed by atoms with E-state index in [1.54, 1.807) is 12.1 Å². The van der Waals surface area contributed by atoms with Gasteiger partial charge >= 0.3 is 0 Å². The lowest BCUT2D eigenvalue weighted by atomic mass is 10.1. The molecule has 8 heteroatoms. The highest BCUT2D eigenvalue weighted by Crippen LogP contribution is 2.21. The average Bonchev–Trinajstić information content (AvgIpc) is 2.57. The van der Waals surface area contributed by atoms with Crippen molar-refractivity contribution in [2.24, 2.45) is 5.73 Å². The molecule has 0 heterocycles. The molecule has 0 radical (unpaired) electrons. The van der Waals surface area contributed by atoms with Gasteiger partial charge in [0.25, 0.3) is 0 Å². The molecule has 0 bridgehead atoms. The SMILES string of the molecule is Cc1ccc(S(=O)(=O)CCC(=O)Nc2cc(C(N)=O)cc(F)c2C)cc1. The van der Waals surface area contributed by atoms with E-state index in [0.717, 1.165) is 11.6 Å². The van der Waals surface area contributed by atoms with Gasteiger partial charge in [-0.2, -0.15) is 0 Å². The first-order chi connectivity index (χ1) is 12.1. The van der Waals surface area contributed by atoms with Gasteiger partial charge in [0.05, 0.1) is 10.6 Å². The third-order valence-corrected chi connectivity index (χ3v) is 5.61. The summed E-state index contributed by atoms with van der Waals surface area (Å²) in [6.45, 7) is 3.27. The van der Waals surface area contributed by atoms with Gasteiger partial charge in [-0.3, -0.25) is 9.59 Å². The molecule has 0 spiro atoms. The fourth-order valence-corrected chi connectivity index (χ4v) is 3.49. The second-order valence-corrected chi connectivity index (χ2v) is 8.03. The lowest BCUT2D eigenvalue weighted by Crippen LogP contribution is -2.19. The van der Waals surface area contributed by atoms with Gasteiger partial charge < -0.3 is 11.1 Å². The minimum Gasteiger partial charge on any atom is -0.366 e. The van der Waals surface area contributed by atoms with Gasteiger partial charge in [-0.1, -0.05) is 17.7 Å². The smallest absolute Gasteiger partial charge is 0.248 e. The number of primary amides is 1. The van der Waals surface area contributed by atoms with Crippen molar-refractivity contribution in [1.29, 1.82) is 0 Å². The highest BCUT2D eigenvalue weighted by Gasteiger charge is 2.18. The summed E-state index contributed by atoms with van der Waals surface area (Å²) in [5.41, 5.74) is 6.17. The van der Waals surface area contributed by atoms with Crippen molar-refractivity contribution in [3.8, 4) is 0 Å². The number of amides is 2. The Hall–Kier alpha value is -2.74. The lowest BCUT2D eigenvalue weighted by molar-refractivity contribution is -0.115. The van der Waals surface area contributed by atoms with Gasteiger partial charge in [-0.15, -0.1) is 0 Å². The molecule has 0 saturated heterocycles. The van der Waals surface area contributed by atoms with Gasteiger partial charge in [-0.25, -0.2) is 12.8 Å². The fourth-order valence-electron chi connectivity index (χ4n) is 2.25. The summed E-state index contributed by atoms with van der Waals surface area (Å²) >= 11 is 0. The van der Waals surface area contributed by atoms with Gasteiger partial charge in [0.1, 0.15) is 5.82 Å². The van der Waals surface area contributed by atoms with Gasteiger partial charge in [0, 0.05) is 23.2 Å². The zero-order valence-electron chi connectivity index (χ0n) is 14.4. The molecular weight excluding hydrogens is 359 g/mol. The molecule has 0 aromatic heterocycles. The first-order valence-corrected chi connectivity index (χ1v) is 9.44. The predicted molar refractivity (Wildman–Crippen MR) is 96.1 cm³/mol. The second kappa shape index (κ2) is 7.65. The molecule has 0 unspecified atom stereocenters. The molecular formula is C18H19FN2O4S. The number of anilines is 1. The van der Waals surface area contributed by atoms with Gasteiger partial charge in [-0.05, 0) is 38.1 Å². The largest absolute Gasteiger partial charge is 0.366 e. The van der Waals surface area contributed by atoms with E-state index in [1.165, 1.54) is 25.1 Å². The number of carbonyl (C=O) groups is 2. The predicted octanol–water partition coefficient (Wildman–Crippen LogP) is 2.34. The Kier molecular flexibility index (Phi) is 5.76. The van der Waals surface area contributed by atoms with E-state index in [0.29, 0.717) is 0 Å². The Labute approximate surface area is 151 Å². The molecule has 0 fully saturated rings. The molecule has 26 heavy (non-hydrogen) atoms. The van der Waals surface area contributed by atoms with E-state index in [2.05, 4.69) is 5.32 Å². The minimum absolute atomic E-state index is 0.0801. The molecule has 0 aliphatic rings. The Morgan fingerprint density at radius 1 is 1.12 bits per heavy atom. The maximum atomic E-state index is 13.8. The highest BCUT2D eigenvalue weighted by atomic mass is 32.2. The van der Waals surface area contributed by atoms with E-state index in [9.17, 15) is 22.4 Å². The van der Waals surface area contributed by atoms with Crippen LogP contribution in [-0.2, 0) is 14.6 Å². The summed E-state index contributed by atoms with van der Waals surface area (Å²) in [5, 5.41) is 2.43. The summed E-state index contributed by atoms with van der Waals surface area (Å²) in [7, 11) is -3.61. The van der Waals surface area contributed by atoms with E-state index >= 15 is 0 Å². The van der Waals surface area contributed by atoms with E-state index in [-0.39, 0.29) is 33.9 Å². The van der Waals surface area contributed by atoms with Crippen LogP contribution in [0.3, 0.4) is 0 Å². The number of sulfone groups is 1. The van der Waals surface area contributed by atoms with Crippen molar-refractivity contribution in [1.82, 2.24) is 0 Å². The number of halogens is 1. The Bertz CT molecular complexity index is 954. The Balaban J connectivity index is 2.10. The second-order valence-electron chi connectivity index (χ2n) is 5.92. The summed E-state index contributed by atoms with van der Waals surface area (Å²) < 4.78 is 38.4. The minimum atomic E-state index is -3.61. The zero-order chi connectivity index (χ0) is 19.5. The molecule has 3 N–H and O–H groups in total. The zero-order valence-corrected chi connectivity index (χ0v) is 15.2. The Morgan fingerprint density at radius 2 is 1.73 bits per heavy atom. The third-order valence-electron chi connectivity index (χ3n) is 3.88. The number of rotatable bonds is 6. The van der Waals surface area contributed by atoms with Crippen LogP contribution < -0.4 is 11.1 Å². The van der Waals surface area contributed by atoms with Crippen LogP contribution in [-0.4, -0.2) is 26.0 Å². The summed E-state index contributed by atoms with van der Waals surface area (Å²) in [5.74, 6) is -2.52. The van der Waals surface area contributed by atoms with E-state index in [4.69, 9.17) is 5.73 Å². The molecule has 0 saturated carbocycles. The molecule has 0 atom stereocenters. The standard InChI is InChI=1S/C18H19FN2O4S/c1-11-3-5-14(6-4-11)26(24,25)8-7-17(22)21-16-10-13(18(20)23)9-15(19)12(16)2/h3-6,9-10H,7-8H2,1-2H3,(H2,20,23)(H,21,22). The van der Waals surface area contributed by atoms with Crippen molar-refractivity contribution in [3.05, 3.63) is 58.9 Å². The van der Waals surface area contributed by atoms with Crippen molar-refractivity contribution in [3.63, 3.8) is 0 Å². The third kappa shape index (κ3) is 4.66. The van der Waals surface area contributed by atoms with Crippen molar-refractivity contribution in [2.45, 2.75) is 25.2 Å². The van der Waals surface area contributed by atoms with E-state index < -0.39 is 27.5 Å². The van der Waals surface area contributed by atoms with Crippen LogP contribution in [0.2, 0.25) is 0 Å². The van der Waals surface area contributed by atoms with Crippen LogP contribution >= 0.6 is 0 Å². The van der Waals surface area contributed by atoms with Crippen molar-refractivity contribution >= 4 is 27.3 Å². The number of benzene rings is 2. The molecule has 138 valence electrons. The van der Waals surface area contributed by atoms with Crippen LogP contribution in [0.5, 0.6) is 0 Å². The number of carbonyl (C=O) groups excluding carboxylic acids is 2. The summed E-state index contributed by atoms with van der Waals surface area (Å²) in [6, 6.07) is 8.56. The monoisotopic (exact) mass is 378 g/mol. The van der Waals surface area contributed by atoms with Crippen molar-refractivity contribution < 1.29 is 22.4 Å². The lowest BCUT2D eigenvalue weighted by Gasteiger charge is -2.11. The highest BCUT2D eigenvalue weighted by molar-refractivity contribution is 7.91. The molecule has 2 amide bonds. The average molecular weight is 378 g/mol. The summed E-state index contributed by atoms with van der Waals surface area (Å²) in [6.07, 6.45) is -0.307. The molecule has 0 aliphatic heterocycles. The fraction of sp³-hybridized carbons (Fsp3) is 0.222. The summed E-state index contributed by atoms with van der Waals surface area (Å²) in [4.78, 5) is 23.4. The first-order valence-electron chi connectivity index (χ1n) is 7.79. The van der Waals surface area contributed by atoms with Gasteiger partial charge in [0.15, 0.2) is 9.84 Å². The number of hydrogen-bond acceptors (Lipinski definition) is 4. The quantitative estimate of drug-likeness (QED) is 0.804. The normalized spacial score (nSPS) is 11.2. The van der Waals surface area contributed by atoms with Crippen LogP contribution in [0.25, 0.3) is 0 Å². The number of nitrogens with one attached hydrogen (secondary N) is 1. The number of nitrogens with two attached hydrogens (primary N) is 1. The molecule has 6 nitrogen and oxygen atoms in total. The van der Waals surface area contributed by atoms with Gasteiger partial charge in [0.2, 0.25) is 11.8 Å². The maximum absolute atomic E-state index is 13.8. The van der Waals surface area contributed by atoms with Crippen LogP contribution in [0.4, 0.5) is 10.1 Å². The first kappa shape index (κ1) is 19.6. The molecule has 0 aliphatic carbocycles. The van der Waals surface area contributed by atoms with Crippen LogP contribution in [0.1, 0.15) is 27.9 Å². The van der Waals surface area contributed by atoms with Crippen molar-refractivity contribution in [2.75, 3.05) is 11.1 Å². The number of hydrogen-bond donors (Lipinski definition) is 2. The van der Waals surface area contributed by atoms with Crippen LogP contribution in [0, 0.1) is 19.7 Å². The maximum Gasteiger partial charge on any atom is 0.248 e. The Morgan fingerprint density at radius 3 is 2.31 bits per heavy atom. The molecule has 2 aromatic rings. The molecule has 2 aromatic carbocycles. The van der Waals surface area contributed by atoms with Crippen LogP contribution in [0.15, 0.2) is 41.3 Å². The van der Waals surface area contributed by atoms with E-state index in [1.807, 2.05) is 6.92 Å². The number of aryl methyl sites for hydroxylation is 1.